The standard InChI is InChI=1S/C18H13FN4OS/c1-24-16-7-6-13(9-20-16)23-18-17-14(21-10-22-18)8-15(25-17)11-2-4-12(19)5-3-11/h2-10H,1H3,(H,21,22,23). The number of halogens is 1. The molecule has 0 saturated heterocycles. The molecule has 124 valence electrons. The molecule has 0 spiro atoms. The third kappa shape index (κ3) is 3.14. The van der Waals surface area contributed by atoms with Gasteiger partial charge in [0.15, 0.2) is 5.82 Å². The third-order valence-corrected chi connectivity index (χ3v) is 4.83. The van der Waals surface area contributed by atoms with E-state index in [1.54, 1.807) is 42.8 Å². The molecule has 0 aliphatic heterocycles. The van der Waals surface area contributed by atoms with Crippen molar-refractivity contribution in [1.82, 2.24) is 15.0 Å². The van der Waals surface area contributed by atoms with Crippen molar-refractivity contribution < 1.29 is 9.13 Å². The molecule has 0 unspecified atom stereocenters. The van der Waals surface area contributed by atoms with Crippen LogP contribution in [-0.2, 0) is 0 Å². The van der Waals surface area contributed by atoms with E-state index in [-0.39, 0.29) is 5.82 Å². The van der Waals surface area contributed by atoms with E-state index < -0.39 is 0 Å². The molecular weight excluding hydrogens is 339 g/mol. The molecule has 3 heterocycles. The number of nitrogens with one attached hydrogen (secondary N) is 1. The first-order valence-corrected chi connectivity index (χ1v) is 8.32. The second-order valence-corrected chi connectivity index (χ2v) is 6.32. The van der Waals surface area contributed by atoms with Gasteiger partial charge in [-0.3, -0.25) is 0 Å². The Bertz CT molecular complexity index is 1020. The molecule has 3 aromatic heterocycles. The molecule has 0 atom stereocenters. The predicted octanol–water partition coefficient (Wildman–Crippen LogP) is 4.64. The van der Waals surface area contributed by atoms with Crippen molar-refractivity contribution in [1.29, 1.82) is 0 Å². The average molecular weight is 352 g/mol. The summed E-state index contributed by atoms with van der Waals surface area (Å²) in [6.07, 6.45) is 3.20. The Labute approximate surface area is 147 Å². The highest BCUT2D eigenvalue weighted by Gasteiger charge is 2.11. The minimum absolute atomic E-state index is 0.251. The lowest BCUT2D eigenvalue weighted by Crippen LogP contribution is -1.95. The number of ether oxygens (including phenoxy) is 1. The Morgan fingerprint density at radius 1 is 1.04 bits per heavy atom. The third-order valence-electron chi connectivity index (χ3n) is 3.65. The van der Waals surface area contributed by atoms with Crippen LogP contribution in [0.25, 0.3) is 20.7 Å². The van der Waals surface area contributed by atoms with E-state index in [4.69, 9.17) is 4.74 Å². The number of benzene rings is 1. The number of hydrogen-bond donors (Lipinski definition) is 1. The zero-order valence-corrected chi connectivity index (χ0v) is 14.0. The molecule has 5 nitrogen and oxygen atoms in total. The number of nitrogens with zero attached hydrogens (tertiary/aromatic N) is 3. The smallest absolute Gasteiger partial charge is 0.213 e. The normalized spacial score (nSPS) is 10.8. The quantitative estimate of drug-likeness (QED) is 0.579. The lowest BCUT2D eigenvalue weighted by Gasteiger charge is -2.06. The molecule has 4 rings (SSSR count). The fourth-order valence-electron chi connectivity index (χ4n) is 2.41. The Balaban J connectivity index is 1.70. The van der Waals surface area contributed by atoms with Crippen LogP contribution in [0.3, 0.4) is 0 Å². The summed E-state index contributed by atoms with van der Waals surface area (Å²) in [5.41, 5.74) is 2.59. The largest absolute Gasteiger partial charge is 0.481 e. The van der Waals surface area contributed by atoms with Gasteiger partial charge in [-0.15, -0.1) is 11.3 Å². The maximum atomic E-state index is 13.1. The van der Waals surface area contributed by atoms with Gasteiger partial charge in [0.25, 0.3) is 0 Å². The maximum absolute atomic E-state index is 13.1. The summed E-state index contributed by atoms with van der Waals surface area (Å²) in [5.74, 6) is 1.00. The summed E-state index contributed by atoms with van der Waals surface area (Å²) in [7, 11) is 1.58. The van der Waals surface area contributed by atoms with Crippen LogP contribution in [-0.4, -0.2) is 22.1 Å². The Hall–Kier alpha value is -3.06. The summed E-state index contributed by atoms with van der Waals surface area (Å²) >= 11 is 1.55. The topological polar surface area (TPSA) is 59.9 Å². The van der Waals surface area contributed by atoms with Crippen LogP contribution in [0.15, 0.2) is 55.0 Å². The van der Waals surface area contributed by atoms with E-state index in [9.17, 15) is 4.39 Å². The van der Waals surface area contributed by atoms with Gasteiger partial charge in [0, 0.05) is 10.9 Å². The number of hydrogen-bond acceptors (Lipinski definition) is 6. The number of thiophene rings is 1. The molecule has 1 N–H and O–H groups in total. The first-order valence-electron chi connectivity index (χ1n) is 7.50. The van der Waals surface area contributed by atoms with Crippen molar-refractivity contribution in [2.45, 2.75) is 0 Å². The van der Waals surface area contributed by atoms with Crippen LogP contribution in [0.1, 0.15) is 0 Å². The van der Waals surface area contributed by atoms with Crippen LogP contribution in [0.4, 0.5) is 15.9 Å². The van der Waals surface area contributed by atoms with Crippen molar-refractivity contribution in [2.75, 3.05) is 12.4 Å². The SMILES string of the molecule is COc1ccc(Nc2ncnc3cc(-c4ccc(F)cc4)sc23)cn1. The Kier molecular flexibility index (Phi) is 3.99. The second-order valence-electron chi connectivity index (χ2n) is 5.27. The zero-order chi connectivity index (χ0) is 17.2. The van der Waals surface area contributed by atoms with Crippen molar-refractivity contribution in [3.05, 3.63) is 60.8 Å². The highest BCUT2D eigenvalue weighted by Crippen LogP contribution is 2.36. The maximum Gasteiger partial charge on any atom is 0.213 e. The molecular formula is C18H13FN4OS. The average Bonchev–Trinajstić information content (AvgIpc) is 3.08. The molecule has 0 saturated carbocycles. The van der Waals surface area contributed by atoms with Gasteiger partial charge in [-0.05, 0) is 29.8 Å². The molecule has 7 heteroatoms. The number of methoxy groups -OCH3 is 1. The van der Waals surface area contributed by atoms with Gasteiger partial charge in [0.1, 0.15) is 12.1 Å². The Morgan fingerprint density at radius 2 is 1.88 bits per heavy atom. The summed E-state index contributed by atoms with van der Waals surface area (Å²) in [6, 6.07) is 12.0. The molecule has 25 heavy (non-hydrogen) atoms. The Morgan fingerprint density at radius 3 is 2.60 bits per heavy atom. The minimum atomic E-state index is -0.251. The molecule has 0 aliphatic carbocycles. The van der Waals surface area contributed by atoms with Crippen molar-refractivity contribution >= 4 is 33.1 Å². The lowest BCUT2D eigenvalue weighted by atomic mass is 10.2. The minimum Gasteiger partial charge on any atom is -0.481 e. The highest BCUT2D eigenvalue weighted by molar-refractivity contribution is 7.22. The first-order chi connectivity index (χ1) is 12.2. The first kappa shape index (κ1) is 15.5. The van der Waals surface area contributed by atoms with Gasteiger partial charge in [0.2, 0.25) is 5.88 Å². The summed E-state index contributed by atoms with van der Waals surface area (Å²) in [5, 5.41) is 3.25. The van der Waals surface area contributed by atoms with Crippen molar-refractivity contribution in [2.24, 2.45) is 0 Å². The van der Waals surface area contributed by atoms with E-state index in [0.717, 1.165) is 26.3 Å². The fourth-order valence-corrected chi connectivity index (χ4v) is 3.47. The van der Waals surface area contributed by atoms with Gasteiger partial charge in [-0.25, -0.2) is 19.3 Å². The predicted molar refractivity (Wildman–Crippen MR) is 96.9 cm³/mol. The van der Waals surface area contributed by atoms with Crippen molar-refractivity contribution in [3.8, 4) is 16.3 Å². The van der Waals surface area contributed by atoms with Crippen LogP contribution >= 0.6 is 11.3 Å². The monoisotopic (exact) mass is 352 g/mol. The van der Waals surface area contributed by atoms with Gasteiger partial charge in [0.05, 0.1) is 29.2 Å². The lowest BCUT2D eigenvalue weighted by molar-refractivity contribution is 0.398. The van der Waals surface area contributed by atoms with Gasteiger partial charge < -0.3 is 10.1 Å². The van der Waals surface area contributed by atoms with E-state index in [2.05, 4.69) is 20.3 Å². The van der Waals surface area contributed by atoms with E-state index >= 15 is 0 Å². The molecule has 0 aliphatic rings. The molecule has 4 aromatic rings. The van der Waals surface area contributed by atoms with Crippen LogP contribution in [0, 0.1) is 5.82 Å². The summed E-state index contributed by atoms with van der Waals surface area (Å²) < 4.78 is 19.1. The summed E-state index contributed by atoms with van der Waals surface area (Å²) in [6.45, 7) is 0. The molecule has 1 aromatic carbocycles. The molecule has 0 bridgehead atoms. The second kappa shape index (κ2) is 6.45. The van der Waals surface area contributed by atoms with Gasteiger partial charge in [-0.2, -0.15) is 0 Å². The van der Waals surface area contributed by atoms with Crippen LogP contribution in [0.5, 0.6) is 5.88 Å². The number of pyridine rings is 1. The highest BCUT2D eigenvalue weighted by atomic mass is 32.1. The van der Waals surface area contributed by atoms with E-state index in [0.29, 0.717) is 11.7 Å². The molecule has 0 radical (unpaired) electrons. The summed E-state index contributed by atoms with van der Waals surface area (Å²) in [4.78, 5) is 13.8. The number of aromatic nitrogens is 3. The number of anilines is 2. The van der Waals surface area contributed by atoms with Crippen LogP contribution < -0.4 is 10.1 Å². The number of rotatable bonds is 4. The molecule has 0 amide bonds. The van der Waals surface area contributed by atoms with Gasteiger partial charge in [-0.1, -0.05) is 12.1 Å². The van der Waals surface area contributed by atoms with E-state index in [1.807, 2.05) is 12.1 Å². The van der Waals surface area contributed by atoms with Crippen molar-refractivity contribution in [3.63, 3.8) is 0 Å². The zero-order valence-electron chi connectivity index (χ0n) is 13.2. The van der Waals surface area contributed by atoms with Gasteiger partial charge >= 0.3 is 0 Å². The number of fused-ring (bicyclic) bond motifs is 1. The van der Waals surface area contributed by atoms with E-state index in [1.165, 1.54) is 18.5 Å². The fraction of sp³-hybridized carbons (Fsp3) is 0.0556. The van der Waals surface area contributed by atoms with Crippen LogP contribution in [0.2, 0.25) is 0 Å². The molecule has 0 fully saturated rings.